The Morgan fingerprint density at radius 2 is 1.95 bits per heavy atom. The number of nitrogens with two attached hydrogens (primary N) is 1. The molecule has 2 unspecified atom stereocenters. The second kappa shape index (κ2) is 6.18. The van der Waals surface area contributed by atoms with Crippen LogP contribution in [0.25, 0.3) is 0 Å². The first-order valence-corrected chi connectivity index (χ1v) is 7.15. The molecule has 1 fully saturated rings. The summed E-state index contributed by atoms with van der Waals surface area (Å²) in [5.74, 6) is 0.216. The molecule has 108 valence electrons. The summed E-state index contributed by atoms with van der Waals surface area (Å²) in [6.45, 7) is 4.91. The van der Waals surface area contributed by atoms with Crippen molar-refractivity contribution in [1.82, 2.24) is 4.90 Å². The number of Topliss-reactive ketones (excluding diaryl/α,β-unsaturated/α-hetero) is 1. The Bertz CT molecular complexity index is 511. The Hall–Kier alpha value is -1.68. The molecule has 0 aliphatic carbocycles. The summed E-state index contributed by atoms with van der Waals surface area (Å²) >= 11 is 0. The molecule has 4 nitrogen and oxygen atoms in total. The summed E-state index contributed by atoms with van der Waals surface area (Å²) < 4.78 is 0. The number of likely N-dealkylation sites (tertiary alicyclic amines) is 1. The number of hydrogen-bond donors (Lipinski definition) is 1. The number of rotatable bonds is 3. The minimum absolute atomic E-state index is 0.0545. The van der Waals surface area contributed by atoms with Crippen LogP contribution in [0, 0.1) is 5.92 Å². The van der Waals surface area contributed by atoms with Crippen molar-refractivity contribution in [3.8, 4) is 0 Å². The molecule has 20 heavy (non-hydrogen) atoms. The van der Waals surface area contributed by atoms with Gasteiger partial charge in [-0.15, -0.1) is 0 Å². The van der Waals surface area contributed by atoms with Crippen LogP contribution >= 0.6 is 0 Å². The number of piperidine rings is 1. The summed E-state index contributed by atoms with van der Waals surface area (Å²) in [5.41, 5.74) is 6.96. The van der Waals surface area contributed by atoms with Gasteiger partial charge in [0.1, 0.15) is 0 Å². The molecule has 1 aliphatic heterocycles. The predicted octanol–water partition coefficient (Wildman–Crippen LogP) is 2.09. The van der Waals surface area contributed by atoms with Gasteiger partial charge in [-0.2, -0.15) is 0 Å². The van der Waals surface area contributed by atoms with Gasteiger partial charge < -0.3 is 10.6 Å². The molecule has 0 aromatic heterocycles. The van der Waals surface area contributed by atoms with Crippen molar-refractivity contribution in [3.05, 3.63) is 35.4 Å². The lowest BCUT2D eigenvalue weighted by molar-refractivity contribution is 0.0657. The minimum atomic E-state index is -0.0743. The van der Waals surface area contributed by atoms with Gasteiger partial charge in [0.15, 0.2) is 5.78 Å². The van der Waals surface area contributed by atoms with E-state index in [-0.39, 0.29) is 17.7 Å². The van der Waals surface area contributed by atoms with E-state index >= 15 is 0 Å². The quantitative estimate of drug-likeness (QED) is 0.858. The molecule has 1 heterocycles. The summed E-state index contributed by atoms with van der Waals surface area (Å²) in [7, 11) is 0. The molecule has 0 bridgehead atoms. The third kappa shape index (κ3) is 3.07. The maximum atomic E-state index is 12.6. The van der Waals surface area contributed by atoms with E-state index in [1.165, 1.54) is 6.92 Å². The number of hydrogen-bond acceptors (Lipinski definition) is 3. The van der Waals surface area contributed by atoms with Crippen LogP contribution in [-0.2, 0) is 0 Å². The molecular weight excluding hydrogens is 252 g/mol. The lowest BCUT2D eigenvalue weighted by atomic mass is 9.91. The summed E-state index contributed by atoms with van der Waals surface area (Å²) in [4.78, 5) is 26.1. The maximum Gasteiger partial charge on any atom is 0.254 e. The molecule has 0 saturated carbocycles. The third-order valence-electron chi connectivity index (χ3n) is 4.03. The SMILES string of the molecule is CC(=O)c1ccccc1C(=O)N1CCCC(C(C)N)C1. The first-order valence-electron chi connectivity index (χ1n) is 7.15. The molecule has 1 saturated heterocycles. The van der Waals surface area contributed by atoms with Crippen LogP contribution in [-0.4, -0.2) is 35.7 Å². The van der Waals surface area contributed by atoms with Gasteiger partial charge in [-0.1, -0.05) is 18.2 Å². The smallest absolute Gasteiger partial charge is 0.254 e. The van der Waals surface area contributed by atoms with E-state index in [0.717, 1.165) is 19.4 Å². The largest absolute Gasteiger partial charge is 0.338 e. The van der Waals surface area contributed by atoms with Crippen molar-refractivity contribution in [1.29, 1.82) is 0 Å². The van der Waals surface area contributed by atoms with E-state index in [0.29, 0.717) is 23.6 Å². The molecule has 1 amide bonds. The van der Waals surface area contributed by atoms with Crippen molar-refractivity contribution in [2.45, 2.75) is 32.7 Å². The lowest BCUT2D eigenvalue weighted by Gasteiger charge is -2.35. The fraction of sp³-hybridized carbons (Fsp3) is 0.500. The molecule has 2 atom stereocenters. The molecule has 1 aromatic carbocycles. The number of amides is 1. The lowest BCUT2D eigenvalue weighted by Crippen LogP contribution is -2.45. The van der Waals surface area contributed by atoms with E-state index < -0.39 is 0 Å². The van der Waals surface area contributed by atoms with Gasteiger partial charge in [-0.25, -0.2) is 0 Å². The molecular formula is C16H22N2O2. The fourth-order valence-electron chi connectivity index (χ4n) is 2.77. The topological polar surface area (TPSA) is 63.4 Å². The van der Waals surface area contributed by atoms with Gasteiger partial charge in [0, 0.05) is 24.7 Å². The Kier molecular flexibility index (Phi) is 4.55. The molecule has 0 spiro atoms. The van der Waals surface area contributed by atoms with E-state index in [9.17, 15) is 9.59 Å². The average Bonchev–Trinajstić information content (AvgIpc) is 2.46. The van der Waals surface area contributed by atoms with E-state index in [2.05, 4.69) is 0 Å². The number of nitrogens with zero attached hydrogens (tertiary/aromatic N) is 1. The number of ketones is 1. The predicted molar refractivity (Wildman–Crippen MR) is 78.7 cm³/mol. The van der Waals surface area contributed by atoms with Gasteiger partial charge in [0.2, 0.25) is 0 Å². The van der Waals surface area contributed by atoms with E-state index in [1.807, 2.05) is 11.8 Å². The summed E-state index contributed by atoms with van der Waals surface area (Å²) in [6.07, 6.45) is 2.04. The van der Waals surface area contributed by atoms with Crippen LogP contribution in [0.1, 0.15) is 47.4 Å². The Labute approximate surface area is 119 Å². The summed E-state index contributed by atoms with van der Waals surface area (Å²) in [6, 6.07) is 7.12. The van der Waals surface area contributed by atoms with Crippen LogP contribution in [0.2, 0.25) is 0 Å². The minimum Gasteiger partial charge on any atom is -0.338 e. The molecule has 0 radical (unpaired) electrons. The van der Waals surface area contributed by atoms with Gasteiger partial charge in [-0.3, -0.25) is 9.59 Å². The highest BCUT2D eigenvalue weighted by Gasteiger charge is 2.27. The second-order valence-electron chi connectivity index (χ2n) is 5.61. The Morgan fingerprint density at radius 3 is 2.55 bits per heavy atom. The van der Waals surface area contributed by atoms with Crippen molar-refractivity contribution >= 4 is 11.7 Å². The van der Waals surface area contributed by atoms with Crippen molar-refractivity contribution in [2.24, 2.45) is 11.7 Å². The highest BCUT2D eigenvalue weighted by Crippen LogP contribution is 2.21. The molecule has 1 aliphatic rings. The van der Waals surface area contributed by atoms with Crippen LogP contribution < -0.4 is 5.73 Å². The van der Waals surface area contributed by atoms with E-state index in [4.69, 9.17) is 5.73 Å². The highest BCUT2D eigenvalue weighted by atomic mass is 16.2. The van der Waals surface area contributed by atoms with Crippen LogP contribution in [0.3, 0.4) is 0 Å². The Morgan fingerprint density at radius 1 is 1.30 bits per heavy atom. The first-order chi connectivity index (χ1) is 9.50. The van der Waals surface area contributed by atoms with Crippen molar-refractivity contribution in [3.63, 3.8) is 0 Å². The van der Waals surface area contributed by atoms with Crippen LogP contribution in [0.4, 0.5) is 0 Å². The van der Waals surface area contributed by atoms with E-state index in [1.54, 1.807) is 24.3 Å². The van der Waals surface area contributed by atoms with Gasteiger partial charge in [0.25, 0.3) is 5.91 Å². The Balaban J connectivity index is 2.21. The van der Waals surface area contributed by atoms with Crippen LogP contribution in [0.5, 0.6) is 0 Å². The third-order valence-corrected chi connectivity index (χ3v) is 4.03. The van der Waals surface area contributed by atoms with Crippen molar-refractivity contribution < 1.29 is 9.59 Å². The monoisotopic (exact) mass is 274 g/mol. The standard InChI is InChI=1S/C16H22N2O2/c1-11(17)13-6-5-9-18(10-13)16(20)15-8-4-3-7-14(15)12(2)19/h3-4,7-8,11,13H,5-6,9-10,17H2,1-2H3. The molecule has 1 aromatic rings. The fourth-order valence-corrected chi connectivity index (χ4v) is 2.77. The average molecular weight is 274 g/mol. The molecule has 2 N–H and O–H groups in total. The summed E-state index contributed by atoms with van der Waals surface area (Å²) in [5, 5.41) is 0. The zero-order valence-corrected chi connectivity index (χ0v) is 12.1. The van der Waals surface area contributed by atoms with Gasteiger partial charge >= 0.3 is 0 Å². The van der Waals surface area contributed by atoms with Crippen molar-refractivity contribution in [2.75, 3.05) is 13.1 Å². The zero-order chi connectivity index (χ0) is 14.7. The maximum absolute atomic E-state index is 12.6. The second-order valence-corrected chi connectivity index (χ2v) is 5.61. The molecule has 4 heteroatoms. The first kappa shape index (κ1) is 14.7. The number of carbonyl (C=O) groups is 2. The number of benzene rings is 1. The molecule has 2 rings (SSSR count). The van der Waals surface area contributed by atoms with Crippen LogP contribution in [0.15, 0.2) is 24.3 Å². The highest BCUT2D eigenvalue weighted by molar-refractivity contribution is 6.07. The van der Waals surface area contributed by atoms with Gasteiger partial charge in [0.05, 0.1) is 5.56 Å². The zero-order valence-electron chi connectivity index (χ0n) is 12.1. The number of carbonyl (C=O) groups excluding carboxylic acids is 2. The van der Waals surface area contributed by atoms with Gasteiger partial charge in [-0.05, 0) is 38.7 Å². The normalized spacial score (nSPS) is 20.6.